The van der Waals surface area contributed by atoms with Gasteiger partial charge < -0.3 is 10.1 Å². The number of nitrogens with zero attached hydrogens (tertiary/aromatic N) is 1. The van der Waals surface area contributed by atoms with Crippen molar-refractivity contribution in [2.45, 2.75) is 19.4 Å². The topological polar surface area (TPSA) is 51.2 Å². The predicted octanol–water partition coefficient (Wildman–Crippen LogP) is 1.30. The lowest BCUT2D eigenvalue weighted by Crippen LogP contribution is -2.22. The number of hydrogen-bond acceptors (Lipinski definition) is 4. The van der Waals surface area contributed by atoms with Crippen molar-refractivity contribution in [1.82, 2.24) is 10.3 Å². The zero-order valence-corrected chi connectivity index (χ0v) is 9.06. The zero-order chi connectivity index (χ0) is 11.1. The van der Waals surface area contributed by atoms with Gasteiger partial charge in [0, 0.05) is 25.0 Å². The van der Waals surface area contributed by atoms with Gasteiger partial charge in [-0.3, -0.25) is 9.78 Å². The van der Waals surface area contributed by atoms with E-state index in [1.807, 2.05) is 19.1 Å². The maximum Gasteiger partial charge on any atom is 0.306 e. The van der Waals surface area contributed by atoms with Gasteiger partial charge in [0.25, 0.3) is 0 Å². The Morgan fingerprint density at radius 3 is 2.80 bits per heavy atom. The molecule has 1 N–H and O–H groups in total. The average Bonchev–Trinajstić information content (AvgIpc) is 2.29. The van der Waals surface area contributed by atoms with Crippen LogP contribution in [0, 0.1) is 0 Å². The van der Waals surface area contributed by atoms with Gasteiger partial charge in [-0.25, -0.2) is 0 Å². The highest BCUT2D eigenvalue weighted by atomic mass is 16.5. The van der Waals surface area contributed by atoms with Crippen LogP contribution in [0.4, 0.5) is 0 Å². The van der Waals surface area contributed by atoms with Gasteiger partial charge in [0.15, 0.2) is 0 Å². The summed E-state index contributed by atoms with van der Waals surface area (Å²) in [7, 11) is 1.40. The summed E-state index contributed by atoms with van der Waals surface area (Å²) >= 11 is 0. The number of methoxy groups -OCH3 is 1. The highest BCUT2D eigenvalue weighted by Crippen LogP contribution is 2.09. The summed E-state index contributed by atoms with van der Waals surface area (Å²) in [6, 6.07) is 4.13. The van der Waals surface area contributed by atoms with E-state index in [1.165, 1.54) is 7.11 Å². The van der Waals surface area contributed by atoms with Gasteiger partial charge in [-0.15, -0.1) is 0 Å². The first-order valence-corrected chi connectivity index (χ1v) is 4.94. The van der Waals surface area contributed by atoms with E-state index in [2.05, 4.69) is 15.0 Å². The fraction of sp³-hybridized carbons (Fsp3) is 0.455. The third-order valence-corrected chi connectivity index (χ3v) is 2.21. The molecule has 15 heavy (non-hydrogen) atoms. The normalized spacial score (nSPS) is 12.1. The molecule has 0 aliphatic carbocycles. The van der Waals surface area contributed by atoms with Crippen LogP contribution in [0.3, 0.4) is 0 Å². The minimum Gasteiger partial charge on any atom is -0.469 e. The van der Waals surface area contributed by atoms with Gasteiger partial charge in [0.2, 0.25) is 0 Å². The first-order valence-electron chi connectivity index (χ1n) is 4.94. The molecule has 1 aromatic heterocycles. The second-order valence-corrected chi connectivity index (χ2v) is 3.28. The number of carbonyl (C=O) groups is 1. The number of pyridine rings is 1. The number of nitrogens with one attached hydrogen (secondary N) is 1. The van der Waals surface area contributed by atoms with Gasteiger partial charge in [0.05, 0.1) is 13.5 Å². The molecule has 0 bridgehead atoms. The van der Waals surface area contributed by atoms with E-state index in [4.69, 9.17) is 0 Å². The van der Waals surface area contributed by atoms with Crippen LogP contribution in [0.15, 0.2) is 24.5 Å². The van der Waals surface area contributed by atoms with Crippen LogP contribution in [0.5, 0.6) is 0 Å². The molecular weight excluding hydrogens is 192 g/mol. The van der Waals surface area contributed by atoms with Crippen molar-refractivity contribution in [2.24, 2.45) is 0 Å². The fourth-order valence-corrected chi connectivity index (χ4v) is 1.26. The van der Waals surface area contributed by atoms with Gasteiger partial charge in [-0.2, -0.15) is 0 Å². The summed E-state index contributed by atoms with van der Waals surface area (Å²) in [5.74, 6) is -0.190. The fourth-order valence-electron chi connectivity index (χ4n) is 1.26. The second kappa shape index (κ2) is 6.14. The minimum atomic E-state index is -0.190. The first-order chi connectivity index (χ1) is 7.24. The molecule has 0 aromatic carbocycles. The maximum atomic E-state index is 10.9. The second-order valence-electron chi connectivity index (χ2n) is 3.28. The van der Waals surface area contributed by atoms with Crippen molar-refractivity contribution in [3.63, 3.8) is 0 Å². The molecule has 0 amide bonds. The molecule has 0 saturated carbocycles. The van der Waals surface area contributed by atoms with Crippen LogP contribution in [0.25, 0.3) is 0 Å². The van der Waals surface area contributed by atoms with Gasteiger partial charge in [0.1, 0.15) is 0 Å². The third-order valence-electron chi connectivity index (χ3n) is 2.21. The molecule has 1 heterocycles. The summed E-state index contributed by atoms with van der Waals surface area (Å²) in [4.78, 5) is 14.8. The van der Waals surface area contributed by atoms with Gasteiger partial charge in [-0.05, 0) is 24.6 Å². The van der Waals surface area contributed by atoms with Crippen LogP contribution >= 0.6 is 0 Å². The van der Waals surface area contributed by atoms with E-state index in [0.717, 1.165) is 5.56 Å². The summed E-state index contributed by atoms with van der Waals surface area (Å²) in [6.45, 7) is 2.67. The monoisotopic (exact) mass is 208 g/mol. The Hall–Kier alpha value is -1.42. The first kappa shape index (κ1) is 11.7. The van der Waals surface area contributed by atoms with Crippen molar-refractivity contribution in [3.05, 3.63) is 30.1 Å². The molecule has 0 spiro atoms. The summed E-state index contributed by atoms with van der Waals surface area (Å²) in [5, 5.41) is 3.24. The molecule has 1 rings (SSSR count). The van der Waals surface area contributed by atoms with E-state index < -0.39 is 0 Å². The maximum absolute atomic E-state index is 10.9. The molecule has 0 aliphatic heterocycles. The summed E-state index contributed by atoms with van der Waals surface area (Å²) in [6.07, 6.45) is 3.91. The van der Waals surface area contributed by atoms with Crippen molar-refractivity contribution in [3.8, 4) is 0 Å². The lowest BCUT2D eigenvalue weighted by Gasteiger charge is -2.13. The average molecular weight is 208 g/mol. The van der Waals surface area contributed by atoms with Crippen molar-refractivity contribution >= 4 is 5.97 Å². The number of ether oxygens (including phenoxy) is 1. The molecule has 4 heteroatoms. The third kappa shape index (κ3) is 4.08. The Morgan fingerprint density at radius 1 is 1.53 bits per heavy atom. The Bertz CT molecular complexity index is 301. The van der Waals surface area contributed by atoms with Crippen molar-refractivity contribution in [1.29, 1.82) is 0 Å². The Morgan fingerprint density at radius 2 is 2.20 bits per heavy atom. The van der Waals surface area contributed by atoms with Crippen molar-refractivity contribution in [2.75, 3.05) is 13.7 Å². The Kier molecular flexibility index (Phi) is 4.77. The van der Waals surface area contributed by atoms with Gasteiger partial charge >= 0.3 is 5.97 Å². The lowest BCUT2D eigenvalue weighted by atomic mass is 10.1. The molecule has 0 radical (unpaired) electrons. The molecule has 82 valence electrons. The molecule has 0 saturated heterocycles. The van der Waals surface area contributed by atoms with E-state index in [0.29, 0.717) is 13.0 Å². The van der Waals surface area contributed by atoms with E-state index in [-0.39, 0.29) is 12.0 Å². The van der Waals surface area contributed by atoms with Gasteiger partial charge in [-0.1, -0.05) is 0 Å². The highest BCUT2D eigenvalue weighted by molar-refractivity contribution is 5.69. The van der Waals surface area contributed by atoms with Crippen LogP contribution in [0.2, 0.25) is 0 Å². The molecule has 0 aliphatic rings. The van der Waals surface area contributed by atoms with E-state index in [1.54, 1.807) is 12.4 Å². The molecule has 0 fully saturated rings. The zero-order valence-electron chi connectivity index (χ0n) is 9.06. The molecule has 4 nitrogen and oxygen atoms in total. The quantitative estimate of drug-likeness (QED) is 0.741. The van der Waals surface area contributed by atoms with Crippen LogP contribution in [0.1, 0.15) is 24.9 Å². The van der Waals surface area contributed by atoms with Crippen LogP contribution in [-0.4, -0.2) is 24.6 Å². The predicted molar refractivity (Wildman–Crippen MR) is 57.3 cm³/mol. The number of rotatable bonds is 5. The summed E-state index contributed by atoms with van der Waals surface area (Å²) in [5.41, 5.74) is 1.16. The highest BCUT2D eigenvalue weighted by Gasteiger charge is 2.05. The molecule has 1 unspecified atom stereocenters. The Labute approximate surface area is 89.7 Å². The van der Waals surface area contributed by atoms with E-state index >= 15 is 0 Å². The largest absolute Gasteiger partial charge is 0.469 e. The Balaban J connectivity index is 2.31. The smallest absolute Gasteiger partial charge is 0.306 e. The SMILES string of the molecule is COC(=O)CCNC(C)c1ccncc1. The number of hydrogen-bond donors (Lipinski definition) is 1. The number of carbonyl (C=O) groups excluding carboxylic acids is 1. The number of aromatic nitrogens is 1. The number of esters is 1. The summed E-state index contributed by atoms with van der Waals surface area (Å²) < 4.78 is 4.55. The molecule has 1 atom stereocenters. The van der Waals surface area contributed by atoms with Crippen LogP contribution < -0.4 is 5.32 Å². The van der Waals surface area contributed by atoms with E-state index in [9.17, 15) is 4.79 Å². The molecular formula is C11H16N2O2. The lowest BCUT2D eigenvalue weighted by molar-refractivity contribution is -0.140. The minimum absolute atomic E-state index is 0.190. The molecule has 1 aromatic rings. The van der Waals surface area contributed by atoms with Crippen molar-refractivity contribution < 1.29 is 9.53 Å². The van der Waals surface area contributed by atoms with Crippen LogP contribution in [-0.2, 0) is 9.53 Å². The standard InChI is InChI=1S/C11H16N2O2/c1-9(10-3-6-12-7-4-10)13-8-5-11(14)15-2/h3-4,6-7,9,13H,5,8H2,1-2H3.